The standard InChI is InChI=1S/C21H35F3N4O5/c1-9(2)13(20(11(5)6,18(25)32)19(33)26-8)16(30)28-14(10(3)4)17(31)27-12(7)15(29)21(22,23)24/h9-14H,1-8H3,(H2,25,32)(H,26,33)(H,27,31)(H,28,30)/t12-,13+,14-,20-/m0/s1. The molecule has 12 heteroatoms. The lowest BCUT2D eigenvalue weighted by molar-refractivity contribution is -0.173. The van der Waals surface area contributed by atoms with Crippen LogP contribution in [0.3, 0.4) is 0 Å². The summed E-state index contributed by atoms with van der Waals surface area (Å²) in [5.74, 6) is -8.98. The van der Waals surface area contributed by atoms with Crippen molar-refractivity contribution in [2.75, 3.05) is 7.05 Å². The summed E-state index contributed by atoms with van der Waals surface area (Å²) in [6.07, 6.45) is -5.14. The number of amides is 4. The number of ketones is 1. The van der Waals surface area contributed by atoms with Gasteiger partial charge in [0.2, 0.25) is 23.6 Å². The lowest BCUT2D eigenvalue weighted by atomic mass is 9.62. The Hall–Kier alpha value is -2.66. The third-order valence-electron chi connectivity index (χ3n) is 5.64. The van der Waals surface area contributed by atoms with Gasteiger partial charge in [-0.2, -0.15) is 13.2 Å². The lowest BCUT2D eigenvalue weighted by Crippen LogP contribution is -2.63. The van der Waals surface area contributed by atoms with Gasteiger partial charge in [-0.25, -0.2) is 0 Å². The normalized spacial score (nSPS) is 16.5. The Bertz CT molecular complexity index is 767. The minimum atomic E-state index is -5.14. The number of rotatable bonds is 11. The fraction of sp³-hybridized carbons (Fsp3) is 0.762. The van der Waals surface area contributed by atoms with Crippen molar-refractivity contribution in [3.05, 3.63) is 0 Å². The summed E-state index contributed by atoms with van der Waals surface area (Å²) >= 11 is 0. The molecule has 9 nitrogen and oxygen atoms in total. The average Bonchev–Trinajstić information content (AvgIpc) is 2.66. The largest absolute Gasteiger partial charge is 0.452 e. The zero-order valence-electron chi connectivity index (χ0n) is 20.2. The second kappa shape index (κ2) is 11.5. The molecule has 0 saturated carbocycles. The first-order valence-electron chi connectivity index (χ1n) is 10.6. The molecule has 0 spiro atoms. The van der Waals surface area contributed by atoms with Crippen LogP contribution in [-0.2, 0) is 24.0 Å². The van der Waals surface area contributed by atoms with Crippen LogP contribution >= 0.6 is 0 Å². The quantitative estimate of drug-likeness (QED) is 0.325. The molecule has 190 valence electrons. The fourth-order valence-electron chi connectivity index (χ4n) is 3.95. The van der Waals surface area contributed by atoms with E-state index >= 15 is 0 Å². The molecule has 0 aliphatic carbocycles. The van der Waals surface area contributed by atoms with Crippen LogP contribution in [0, 0.1) is 29.1 Å². The second-order valence-corrected chi connectivity index (χ2v) is 9.01. The van der Waals surface area contributed by atoms with Gasteiger partial charge in [-0.3, -0.25) is 24.0 Å². The van der Waals surface area contributed by atoms with E-state index in [0.29, 0.717) is 0 Å². The molecular weight excluding hydrogens is 445 g/mol. The van der Waals surface area contributed by atoms with Crippen molar-refractivity contribution in [2.24, 2.45) is 34.8 Å². The molecule has 0 unspecified atom stereocenters. The number of hydrogen-bond donors (Lipinski definition) is 4. The molecule has 0 aromatic rings. The van der Waals surface area contributed by atoms with Crippen molar-refractivity contribution in [3.63, 3.8) is 0 Å². The summed E-state index contributed by atoms with van der Waals surface area (Å²) in [7, 11) is 1.29. The van der Waals surface area contributed by atoms with E-state index in [1.54, 1.807) is 27.7 Å². The number of hydrogen-bond acceptors (Lipinski definition) is 5. The Morgan fingerprint density at radius 1 is 0.788 bits per heavy atom. The summed E-state index contributed by atoms with van der Waals surface area (Å²) in [5, 5.41) is 6.78. The van der Waals surface area contributed by atoms with Gasteiger partial charge in [0.15, 0.2) is 0 Å². The lowest BCUT2D eigenvalue weighted by Gasteiger charge is -2.41. The maximum atomic E-state index is 13.3. The van der Waals surface area contributed by atoms with E-state index in [-0.39, 0.29) is 0 Å². The number of nitrogens with two attached hydrogens (primary N) is 1. The Balaban J connectivity index is 6.16. The fourth-order valence-corrected chi connectivity index (χ4v) is 3.95. The van der Waals surface area contributed by atoms with Crippen molar-refractivity contribution >= 4 is 29.4 Å². The molecule has 4 amide bonds. The van der Waals surface area contributed by atoms with Crippen LogP contribution < -0.4 is 21.7 Å². The maximum Gasteiger partial charge on any atom is 0.452 e. The molecule has 0 radical (unpaired) electrons. The molecule has 4 atom stereocenters. The number of primary amides is 1. The van der Waals surface area contributed by atoms with Gasteiger partial charge in [-0.1, -0.05) is 41.5 Å². The van der Waals surface area contributed by atoms with E-state index < -0.39 is 76.8 Å². The highest BCUT2D eigenvalue weighted by molar-refractivity contribution is 6.09. The van der Waals surface area contributed by atoms with Crippen LogP contribution in [0.5, 0.6) is 0 Å². The smallest absolute Gasteiger partial charge is 0.369 e. The van der Waals surface area contributed by atoms with Crippen LogP contribution in [0.2, 0.25) is 0 Å². The molecule has 0 aliphatic rings. The monoisotopic (exact) mass is 480 g/mol. The highest BCUT2D eigenvalue weighted by Crippen LogP contribution is 2.41. The van der Waals surface area contributed by atoms with Crippen LogP contribution in [-0.4, -0.2) is 54.7 Å². The molecule has 0 aromatic heterocycles. The van der Waals surface area contributed by atoms with E-state index in [4.69, 9.17) is 5.73 Å². The molecule has 0 rings (SSSR count). The minimum absolute atomic E-state index is 0.584. The van der Waals surface area contributed by atoms with Crippen LogP contribution in [0.1, 0.15) is 48.5 Å². The molecule has 33 heavy (non-hydrogen) atoms. The van der Waals surface area contributed by atoms with Crippen LogP contribution in [0.25, 0.3) is 0 Å². The first kappa shape index (κ1) is 30.3. The molecule has 5 N–H and O–H groups in total. The summed E-state index contributed by atoms with van der Waals surface area (Å²) in [6, 6.07) is -3.22. The number of halogens is 3. The summed E-state index contributed by atoms with van der Waals surface area (Å²) in [4.78, 5) is 62.7. The number of carbonyl (C=O) groups excluding carboxylic acids is 5. The summed E-state index contributed by atoms with van der Waals surface area (Å²) < 4.78 is 38.0. The number of nitrogens with one attached hydrogen (secondary N) is 3. The van der Waals surface area contributed by atoms with Gasteiger partial charge in [-0.05, 0) is 24.7 Å². The van der Waals surface area contributed by atoms with E-state index in [9.17, 15) is 37.1 Å². The third-order valence-corrected chi connectivity index (χ3v) is 5.64. The Labute approximate surface area is 191 Å². The maximum absolute atomic E-state index is 13.3. The van der Waals surface area contributed by atoms with Crippen molar-refractivity contribution < 1.29 is 37.1 Å². The number of Topliss-reactive ketones (excluding diaryl/α,β-unsaturated/α-hetero) is 1. The summed E-state index contributed by atoms with van der Waals surface area (Å²) in [6.45, 7) is 10.3. The van der Waals surface area contributed by atoms with Gasteiger partial charge in [0, 0.05) is 7.05 Å². The molecule has 0 fully saturated rings. The Kier molecular flexibility index (Phi) is 10.5. The van der Waals surface area contributed by atoms with Crippen molar-refractivity contribution in [1.82, 2.24) is 16.0 Å². The van der Waals surface area contributed by atoms with Crippen LogP contribution in [0.4, 0.5) is 13.2 Å². The zero-order valence-corrected chi connectivity index (χ0v) is 20.2. The SMILES string of the molecule is CNC(=O)[C@@](C(N)=O)(C(C)C)[C@@H](C(=O)N[C@H](C(=O)N[C@@H](C)C(=O)C(F)(F)F)C(C)C)C(C)C. The van der Waals surface area contributed by atoms with Crippen molar-refractivity contribution in [1.29, 1.82) is 0 Å². The molecule has 0 aliphatic heterocycles. The molecule has 0 bridgehead atoms. The van der Waals surface area contributed by atoms with Gasteiger partial charge in [-0.15, -0.1) is 0 Å². The second-order valence-electron chi connectivity index (χ2n) is 9.01. The third kappa shape index (κ3) is 6.67. The Morgan fingerprint density at radius 3 is 1.58 bits per heavy atom. The molecule has 0 aromatic carbocycles. The number of alkyl halides is 3. The van der Waals surface area contributed by atoms with Gasteiger partial charge < -0.3 is 21.7 Å². The van der Waals surface area contributed by atoms with E-state index in [0.717, 1.165) is 6.92 Å². The van der Waals surface area contributed by atoms with E-state index in [2.05, 4.69) is 10.6 Å². The molecule has 0 saturated heterocycles. The highest BCUT2D eigenvalue weighted by Gasteiger charge is 2.57. The molecular formula is C21H35F3N4O5. The van der Waals surface area contributed by atoms with Gasteiger partial charge >= 0.3 is 6.18 Å². The number of carbonyl (C=O) groups is 5. The van der Waals surface area contributed by atoms with Crippen molar-refractivity contribution in [2.45, 2.75) is 66.7 Å². The van der Waals surface area contributed by atoms with E-state index in [1.165, 1.54) is 20.9 Å². The van der Waals surface area contributed by atoms with Crippen LogP contribution in [0.15, 0.2) is 0 Å². The van der Waals surface area contributed by atoms with Gasteiger partial charge in [0.25, 0.3) is 5.78 Å². The molecule has 0 heterocycles. The van der Waals surface area contributed by atoms with Crippen molar-refractivity contribution in [3.8, 4) is 0 Å². The van der Waals surface area contributed by atoms with Gasteiger partial charge in [0.1, 0.15) is 11.5 Å². The average molecular weight is 481 g/mol. The zero-order chi connectivity index (χ0) is 26.5. The first-order valence-corrected chi connectivity index (χ1v) is 10.6. The topological polar surface area (TPSA) is 147 Å². The first-order chi connectivity index (χ1) is 14.9. The predicted molar refractivity (Wildman–Crippen MR) is 114 cm³/mol. The highest BCUT2D eigenvalue weighted by atomic mass is 19.4. The Morgan fingerprint density at radius 2 is 1.27 bits per heavy atom. The van der Waals surface area contributed by atoms with Gasteiger partial charge in [0.05, 0.1) is 12.0 Å². The summed E-state index contributed by atoms with van der Waals surface area (Å²) in [5.41, 5.74) is 3.66. The minimum Gasteiger partial charge on any atom is -0.369 e. The predicted octanol–water partition coefficient (Wildman–Crippen LogP) is 0.909. The van der Waals surface area contributed by atoms with E-state index in [1.807, 2.05) is 5.32 Å².